The molecule has 0 aliphatic carbocycles. The molecule has 5 heteroatoms. The van der Waals surface area contributed by atoms with Crippen molar-refractivity contribution in [3.05, 3.63) is 0 Å². The Balaban J connectivity index is 2.09. The van der Waals surface area contributed by atoms with Crippen LogP contribution in [0.1, 0.15) is 19.3 Å². The number of alkyl halides is 4. The highest BCUT2D eigenvalue weighted by Crippen LogP contribution is 2.23. The van der Waals surface area contributed by atoms with E-state index in [1.807, 2.05) is 0 Å². The van der Waals surface area contributed by atoms with E-state index in [2.05, 4.69) is 4.90 Å². The lowest BCUT2D eigenvalue weighted by molar-refractivity contribution is -0.136. The Morgan fingerprint density at radius 3 is 2.57 bits per heavy atom. The normalized spacial score (nSPS) is 24.4. The monoisotopic (exact) mass is 229 g/mol. The Morgan fingerprint density at radius 1 is 1.36 bits per heavy atom. The van der Waals surface area contributed by atoms with E-state index in [9.17, 15) is 13.2 Å². The van der Waals surface area contributed by atoms with E-state index in [4.69, 9.17) is 11.6 Å². The maximum absolute atomic E-state index is 11.8. The zero-order chi connectivity index (χ0) is 10.6. The van der Waals surface area contributed by atoms with Crippen molar-refractivity contribution in [3.8, 4) is 0 Å². The third-order valence-electron chi connectivity index (χ3n) is 2.52. The summed E-state index contributed by atoms with van der Waals surface area (Å²) in [6.07, 6.45) is -3.45. The lowest BCUT2D eigenvalue weighted by atomic mass is 10.2. The van der Waals surface area contributed by atoms with Crippen molar-refractivity contribution in [2.45, 2.75) is 25.4 Å². The Kier molecular flexibility index (Phi) is 4.51. The minimum atomic E-state index is -4.01. The van der Waals surface area contributed by atoms with Gasteiger partial charge in [0.1, 0.15) is 0 Å². The molecule has 0 spiro atoms. The van der Waals surface area contributed by atoms with Crippen LogP contribution in [0.2, 0.25) is 0 Å². The second kappa shape index (κ2) is 5.21. The number of hydrogen-bond donors (Lipinski definition) is 0. The topological polar surface area (TPSA) is 3.24 Å². The fourth-order valence-corrected chi connectivity index (χ4v) is 2.00. The second-order valence-electron chi connectivity index (χ2n) is 3.83. The summed E-state index contributed by atoms with van der Waals surface area (Å²) < 4.78 is 35.5. The summed E-state index contributed by atoms with van der Waals surface area (Å²) in [5, 5.41) is 0. The minimum absolute atomic E-state index is 0.207. The van der Waals surface area contributed by atoms with Crippen molar-refractivity contribution in [1.29, 1.82) is 0 Å². The van der Waals surface area contributed by atoms with Gasteiger partial charge in [-0.15, -0.1) is 11.6 Å². The van der Waals surface area contributed by atoms with Gasteiger partial charge in [-0.2, -0.15) is 13.2 Å². The molecule has 0 aromatic carbocycles. The van der Waals surface area contributed by atoms with Crippen LogP contribution in [0.15, 0.2) is 0 Å². The van der Waals surface area contributed by atoms with Crippen molar-refractivity contribution in [1.82, 2.24) is 4.90 Å². The average molecular weight is 230 g/mol. The highest BCUT2D eigenvalue weighted by Gasteiger charge is 2.27. The SMILES string of the molecule is FC(F)(F)CCCN1CCC(CCl)C1. The Morgan fingerprint density at radius 2 is 2.07 bits per heavy atom. The van der Waals surface area contributed by atoms with Crippen molar-refractivity contribution >= 4 is 11.6 Å². The van der Waals surface area contributed by atoms with Gasteiger partial charge in [0.05, 0.1) is 0 Å². The molecule has 1 aliphatic rings. The standard InChI is InChI=1S/C9H15ClF3N/c10-6-8-2-5-14(7-8)4-1-3-9(11,12)13/h8H,1-7H2. The largest absolute Gasteiger partial charge is 0.389 e. The van der Waals surface area contributed by atoms with Gasteiger partial charge in [-0.25, -0.2) is 0 Å². The molecule has 1 saturated heterocycles. The molecule has 1 fully saturated rings. The van der Waals surface area contributed by atoms with E-state index in [1.165, 1.54) is 0 Å². The summed E-state index contributed by atoms with van der Waals surface area (Å²) >= 11 is 5.67. The van der Waals surface area contributed by atoms with Crippen LogP contribution >= 0.6 is 11.6 Å². The fourth-order valence-electron chi connectivity index (χ4n) is 1.75. The number of likely N-dealkylation sites (tertiary alicyclic amines) is 1. The summed E-state index contributed by atoms with van der Waals surface area (Å²) in [5.41, 5.74) is 0. The summed E-state index contributed by atoms with van der Waals surface area (Å²) in [4.78, 5) is 2.07. The molecule has 1 aliphatic heterocycles. The van der Waals surface area contributed by atoms with E-state index in [-0.39, 0.29) is 6.42 Å². The third kappa shape index (κ3) is 4.51. The second-order valence-corrected chi connectivity index (χ2v) is 4.14. The van der Waals surface area contributed by atoms with E-state index in [0.29, 0.717) is 18.3 Å². The molecule has 0 aromatic rings. The zero-order valence-electron chi connectivity index (χ0n) is 7.99. The van der Waals surface area contributed by atoms with Gasteiger partial charge in [0.2, 0.25) is 0 Å². The van der Waals surface area contributed by atoms with E-state index < -0.39 is 12.6 Å². The predicted octanol–water partition coefficient (Wildman–Crippen LogP) is 2.89. The van der Waals surface area contributed by atoms with Gasteiger partial charge in [-0.05, 0) is 31.8 Å². The van der Waals surface area contributed by atoms with Gasteiger partial charge in [-0.1, -0.05) is 0 Å². The molecule has 1 heterocycles. The van der Waals surface area contributed by atoms with Gasteiger partial charge < -0.3 is 4.90 Å². The van der Waals surface area contributed by atoms with Crippen LogP contribution < -0.4 is 0 Å². The lowest BCUT2D eigenvalue weighted by Gasteiger charge is -2.15. The molecule has 0 bridgehead atoms. The molecular formula is C9H15ClF3N. The van der Waals surface area contributed by atoms with Crippen molar-refractivity contribution in [3.63, 3.8) is 0 Å². The van der Waals surface area contributed by atoms with Crippen LogP contribution in [-0.2, 0) is 0 Å². The van der Waals surface area contributed by atoms with Crippen LogP contribution in [0.5, 0.6) is 0 Å². The van der Waals surface area contributed by atoms with Crippen LogP contribution in [0.4, 0.5) is 13.2 Å². The summed E-state index contributed by atoms with van der Waals surface area (Å²) in [6.45, 7) is 2.31. The first-order valence-corrected chi connectivity index (χ1v) is 5.40. The average Bonchev–Trinajstić information content (AvgIpc) is 2.50. The molecule has 0 amide bonds. The van der Waals surface area contributed by atoms with Crippen molar-refractivity contribution in [2.75, 3.05) is 25.5 Å². The fraction of sp³-hybridized carbons (Fsp3) is 1.00. The maximum atomic E-state index is 11.8. The molecule has 0 radical (unpaired) electrons. The summed E-state index contributed by atoms with van der Waals surface area (Å²) in [6, 6.07) is 0. The van der Waals surface area contributed by atoms with Gasteiger partial charge in [0.25, 0.3) is 0 Å². The lowest BCUT2D eigenvalue weighted by Crippen LogP contribution is -2.23. The first-order valence-electron chi connectivity index (χ1n) is 4.86. The summed E-state index contributed by atoms with van der Waals surface area (Å²) in [7, 11) is 0. The van der Waals surface area contributed by atoms with E-state index >= 15 is 0 Å². The molecule has 1 unspecified atom stereocenters. The quantitative estimate of drug-likeness (QED) is 0.670. The molecule has 0 N–H and O–H groups in total. The van der Waals surface area contributed by atoms with Crippen molar-refractivity contribution < 1.29 is 13.2 Å². The van der Waals surface area contributed by atoms with Crippen LogP contribution in [-0.4, -0.2) is 36.6 Å². The molecule has 0 saturated carbocycles. The van der Waals surface area contributed by atoms with Crippen LogP contribution in [0, 0.1) is 5.92 Å². The highest BCUT2D eigenvalue weighted by atomic mass is 35.5. The molecule has 0 aromatic heterocycles. The molecule has 84 valence electrons. The van der Waals surface area contributed by atoms with Gasteiger partial charge in [-0.3, -0.25) is 0 Å². The number of halogens is 4. The van der Waals surface area contributed by atoms with Crippen LogP contribution in [0.3, 0.4) is 0 Å². The molecule has 14 heavy (non-hydrogen) atoms. The molecule has 1 atom stereocenters. The first kappa shape index (κ1) is 12.1. The Bertz CT molecular complexity index is 172. The van der Waals surface area contributed by atoms with Gasteiger partial charge >= 0.3 is 6.18 Å². The summed E-state index contributed by atoms with van der Waals surface area (Å²) in [5.74, 6) is 1.10. The van der Waals surface area contributed by atoms with Gasteiger partial charge in [0, 0.05) is 18.8 Å². The number of hydrogen-bond acceptors (Lipinski definition) is 1. The van der Waals surface area contributed by atoms with Crippen molar-refractivity contribution in [2.24, 2.45) is 5.92 Å². The number of rotatable bonds is 4. The molecular weight excluding hydrogens is 215 g/mol. The van der Waals surface area contributed by atoms with Crippen LogP contribution in [0.25, 0.3) is 0 Å². The highest BCUT2D eigenvalue weighted by molar-refractivity contribution is 6.18. The molecule has 1 rings (SSSR count). The zero-order valence-corrected chi connectivity index (χ0v) is 8.74. The minimum Gasteiger partial charge on any atom is -0.303 e. The Labute approximate surface area is 87.2 Å². The van der Waals surface area contributed by atoms with E-state index in [0.717, 1.165) is 19.5 Å². The predicted molar refractivity (Wildman–Crippen MR) is 50.6 cm³/mol. The molecule has 1 nitrogen and oxygen atoms in total. The smallest absolute Gasteiger partial charge is 0.303 e. The number of nitrogens with zero attached hydrogens (tertiary/aromatic N) is 1. The third-order valence-corrected chi connectivity index (χ3v) is 2.96. The maximum Gasteiger partial charge on any atom is 0.389 e. The van der Waals surface area contributed by atoms with Gasteiger partial charge in [0.15, 0.2) is 0 Å². The van der Waals surface area contributed by atoms with E-state index in [1.54, 1.807) is 0 Å². The Hall–Kier alpha value is 0.0400. The first-order chi connectivity index (χ1) is 6.51.